The van der Waals surface area contributed by atoms with Crippen LogP contribution < -0.4 is 0 Å². The van der Waals surface area contributed by atoms with Crippen molar-refractivity contribution < 1.29 is 0 Å². The third kappa shape index (κ3) is 3.56. The summed E-state index contributed by atoms with van der Waals surface area (Å²) >= 11 is 0. The van der Waals surface area contributed by atoms with Gasteiger partial charge in [0.15, 0.2) is 0 Å². The quantitative estimate of drug-likeness (QED) is 0.214. The van der Waals surface area contributed by atoms with Gasteiger partial charge in [-0.1, -0.05) is 129 Å². The first-order valence-electron chi connectivity index (χ1n) is 15.2. The fraction of sp³-hybridized carbons (Fsp3) is 0.0732. The topological polar surface area (TPSA) is 30.7 Å². The summed E-state index contributed by atoms with van der Waals surface area (Å²) in [6.07, 6.45) is 0. The first-order chi connectivity index (χ1) is 21.6. The molecule has 1 aliphatic carbocycles. The second kappa shape index (κ2) is 9.23. The third-order valence-electron chi connectivity index (χ3n) is 9.41. The van der Waals surface area contributed by atoms with Crippen LogP contribution in [0.15, 0.2) is 140 Å². The molecule has 0 saturated heterocycles. The Kier molecular flexibility index (Phi) is 5.24. The zero-order valence-corrected chi connectivity index (χ0v) is 24.6. The fourth-order valence-corrected chi connectivity index (χ4v) is 7.25. The number of nitrogens with zero attached hydrogens (tertiary/aromatic N) is 3. The zero-order chi connectivity index (χ0) is 29.4. The summed E-state index contributed by atoms with van der Waals surface area (Å²) in [5.74, 6) is 0.671. The normalized spacial score (nSPS) is 13.4. The lowest BCUT2D eigenvalue weighted by atomic mass is 9.68. The van der Waals surface area contributed by atoms with E-state index in [1.54, 1.807) is 0 Å². The van der Waals surface area contributed by atoms with Crippen LogP contribution >= 0.6 is 0 Å². The molecule has 0 spiro atoms. The summed E-state index contributed by atoms with van der Waals surface area (Å²) in [6.45, 7) is 4.72. The second-order valence-electron chi connectivity index (χ2n) is 12.3. The van der Waals surface area contributed by atoms with Crippen molar-refractivity contribution in [3.8, 4) is 39.6 Å². The summed E-state index contributed by atoms with van der Waals surface area (Å²) < 4.78 is 2.26. The van der Waals surface area contributed by atoms with Gasteiger partial charge in [-0.25, -0.2) is 9.97 Å². The fourth-order valence-electron chi connectivity index (χ4n) is 7.25. The minimum absolute atomic E-state index is 0.148. The molecule has 0 radical (unpaired) electrons. The van der Waals surface area contributed by atoms with Crippen LogP contribution in [0, 0.1) is 0 Å². The molecule has 9 rings (SSSR count). The molecule has 3 heteroatoms. The van der Waals surface area contributed by atoms with Crippen molar-refractivity contribution in [1.82, 2.24) is 14.5 Å². The molecule has 2 aromatic heterocycles. The summed E-state index contributed by atoms with van der Waals surface area (Å²) in [5, 5.41) is 5.05. The van der Waals surface area contributed by atoms with Gasteiger partial charge in [0.05, 0.1) is 22.4 Å². The van der Waals surface area contributed by atoms with Gasteiger partial charge in [-0.15, -0.1) is 0 Å². The minimum atomic E-state index is -0.148. The molecule has 0 bridgehead atoms. The van der Waals surface area contributed by atoms with Crippen molar-refractivity contribution in [2.75, 3.05) is 0 Å². The predicted molar refractivity (Wildman–Crippen MR) is 182 cm³/mol. The Balaban J connectivity index is 1.39. The van der Waals surface area contributed by atoms with E-state index in [-0.39, 0.29) is 5.41 Å². The van der Waals surface area contributed by atoms with E-state index in [1.807, 2.05) is 12.1 Å². The SMILES string of the molecule is CC1(C)c2cc3c4ccccc4n(-c4nc(-c5ccccc5)cc(-c5ccccc5)n4)c3cc2-c2cccc3cccc1c23. The highest BCUT2D eigenvalue weighted by Crippen LogP contribution is 2.50. The van der Waals surface area contributed by atoms with Crippen molar-refractivity contribution in [3.63, 3.8) is 0 Å². The molecule has 1 aliphatic rings. The van der Waals surface area contributed by atoms with E-state index in [4.69, 9.17) is 9.97 Å². The van der Waals surface area contributed by atoms with Crippen molar-refractivity contribution in [3.05, 3.63) is 151 Å². The van der Waals surface area contributed by atoms with Gasteiger partial charge in [-0.05, 0) is 57.3 Å². The van der Waals surface area contributed by atoms with Gasteiger partial charge < -0.3 is 0 Å². The summed E-state index contributed by atoms with van der Waals surface area (Å²) in [5.41, 5.74) is 11.3. The van der Waals surface area contributed by atoms with Crippen LogP contribution in [-0.4, -0.2) is 14.5 Å². The number of hydrogen-bond acceptors (Lipinski definition) is 2. The summed E-state index contributed by atoms with van der Waals surface area (Å²) in [4.78, 5) is 10.5. The average molecular weight is 564 g/mol. The molecule has 0 aliphatic heterocycles. The molecule has 0 amide bonds. The number of hydrogen-bond donors (Lipinski definition) is 0. The van der Waals surface area contributed by atoms with Gasteiger partial charge >= 0.3 is 0 Å². The van der Waals surface area contributed by atoms with E-state index >= 15 is 0 Å². The molecule has 0 N–H and O–H groups in total. The highest BCUT2D eigenvalue weighted by molar-refractivity contribution is 6.13. The lowest BCUT2D eigenvalue weighted by Crippen LogP contribution is -2.23. The van der Waals surface area contributed by atoms with Gasteiger partial charge in [0.1, 0.15) is 0 Å². The van der Waals surface area contributed by atoms with Crippen molar-refractivity contribution in [2.45, 2.75) is 19.3 Å². The average Bonchev–Trinajstić information content (AvgIpc) is 3.40. The Morgan fingerprint density at radius 3 is 1.84 bits per heavy atom. The van der Waals surface area contributed by atoms with Gasteiger partial charge in [0, 0.05) is 27.3 Å². The van der Waals surface area contributed by atoms with E-state index < -0.39 is 0 Å². The van der Waals surface area contributed by atoms with Crippen molar-refractivity contribution in [2.24, 2.45) is 0 Å². The molecule has 3 nitrogen and oxygen atoms in total. The van der Waals surface area contributed by atoms with Gasteiger partial charge in [0.2, 0.25) is 5.95 Å². The van der Waals surface area contributed by atoms with E-state index in [0.29, 0.717) is 5.95 Å². The lowest BCUT2D eigenvalue weighted by molar-refractivity contribution is 0.646. The van der Waals surface area contributed by atoms with Crippen LogP contribution in [0.25, 0.3) is 72.2 Å². The van der Waals surface area contributed by atoms with Crippen LogP contribution in [0.2, 0.25) is 0 Å². The second-order valence-corrected chi connectivity index (χ2v) is 12.3. The van der Waals surface area contributed by atoms with Crippen molar-refractivity contribution in [1.29, 1.82) is 0 Å². The molecule has 0 unspecified atom stereocenters. The molecule has 6 aromatic carbocycles. The maximum Gasteiger partial charge on any atom is 0.235 e. The lowest BCUT2D eigenvalue weighted by Gasteiger charge is -2.35. The molecular formula is C41H29N3. The minimum Gasteiger partial charge on any atom is -0.278 e. The molecule has 0 fully saturated rings. The van der Waals surface area contributed by atoms with Crippen LogP contribution in [0.5, 0.6) is 0 Å². The molecule has 0 atom stereocenters. The van der Waals surface area contributed by atoms with E-state index in [9.17, 15) is 0 Å². The van der Waals surface area contributed by atoms with E-state index in [0.717, 1.165) is 33.5 Å². The van der Waals surface area contributed by atoms with Gasteiger partial charge in [-0.3, -0.25) is 4.57 Å². The largest absolute Gasteiger partial charge is 0.278 e. The number of fused-ring (bicyclic) bond motifs is 5. The van der Waals surface area contributed by atoms with Crippen LogP contribution in [0.1, 0.15) is 25.0 Å². The zero-order valence-electron chi connectivity index (χ0n) is 24.6. The van der Waals surface area contributed by atoms with E-state index in [2.05, 4.69) is 146 Å². The van der Waals surface area contributed by atoms with Crippen LogP contribution in [-0.2, 0) is 5.41 Å². The Hall–Kier alpha value is -5.54. The summed E-state index contributed by atoms with van der Waals surface area (Å²) in [7, 11) is 0. The predicted octanol–water partition coefficient (Wildman–Crippen LogP) is 10.4. The highest BCUT2D eigenvalue weighted by atomic mass is 15.2. The monoisotopic (exact) mass is 563 g/mol. The first kappa shape index (κ1) is 25.0. The molecular weight excluding hydrogens is 534 g/mol. The van der Waals surface area contributed by atoms with Crippen LogP contribution in [0.3, 0.4) is 0 Å². The standard InChI is InChI=1S/C41H29N3/c1-41(2)33-21-12-18-28-17-11-20-30(39(28)33)31-24-38-32(23-34(31)41)29-19-9-10-22-37(29)44(38)40-42-35(26-13-5-3-6-14-26)25-36(43-40)27-15-7-4-8-16-27/h3-25H,1-2H3. The highest BCUT2D eigenvalue weighted by Gasteiger charge is 2.34. The molecule has 8 aromatic rings. The third-order valence-corrected chi connectivity index (χ3v) is 9.41. The Labute approximate surface area is 256 Å². The summed E-state index contributed by atoms with van der Waals surface area (Å²) in [6, 6.07) is 49.8. The Bertz CT molecular complexity index is 2340. The molecule has 0 saturated carbocycles. The van der Waals surface area contributed by atoms with Crippen LogP contribution in [0.4, 0.5) is 0 Å². The van der Waals surface area contributed by atoms with Gasteiger partial charge in [0.25, 0.3) is 0 Å². The number of para-hydroxylation sites is 1. The number of rotatable bonds is 3. The molecule has 2 heterocycles. The molecule has 208 valence electrons. The Morgan fingerprint density at radius 1 is 0.500 bits per heavy atom. The Morgan fingerprint density at radius 2 is 1.14 bits per heavy atom. The first-order valence-corrected chi connectivity index (χ1v) is 15.2. The maximum absolute atomic E-state index is 5.24. The van der Waals surface area contributed by atoms with E-state index in [1.165, 1.54) is 43.8 Å². The number of aromatic nitrogens is 3. The van der Waals surface area contributed by atoms with Gasteiger partial charge in [-0.2, -0.15) is 0 Å². The molecule has 44 heavy (non-hydrogen) atoms. The van der Waals surface area contributed by atoms with Crippen molar-refractivity contribution >= 4 is 32.6 Å². The maximum atomic E-state index is 5.24. The number of benzene rings is 6. The smallest absolute Gasteiger partial charge is 0.235 e.